The van der Waals surface area contributed by atoms with Gasteiger partial charge in [-0.2, -0.15) is 0 Å². The van der Waals surface area contributed by atoms with Crippen molar-refractivity contribution in [2.24, 2.45) is 0 Å². The van der Waals surface area contributed by atoms with Gasteiger partial charge >= 0.3 is 0 Å². The number of amides is 1. The molecule has 1 aromatic rings. The van der Waals surface area contributed by atoms with Crippen molar-refractivity contribution >= 4 is 21.8 Å². The lowest BCUT2D eigenvalue weighted by Gasteiger charge is -2.24. The molecular weight excluding hydrogens is 311 g/mol. The lowest BCUT2D eigenvalue weighted by molar-refractivity contribution is -0.121. The SMILES string of the molecule is CCC(C)(C)NC(=O)CNCc1cc(F)ccc1Br. The monoisotopic (exact) mass is 330 g/mol. The molecule has 19 heavy (non-hydrogen) atoms. The molecule has 0 saturated heterocycles. The first-order valence-electron chi connectivity index (χ1n) is 6.29. The van der Waals surface area contributed by atoms with Gasteiger partial charge in [0.2, 0.25) is 5.91 Å². The van der Waals surface area contributed by atoms with Gasteiger partial charge in [-0.25, -0.2) is 4.39 Å². The Kier molecular flexibility index (Phi) is 5.94. The zero-order valence-electron chi connectivity index (χ0n) is 11.5. The normalized spacial score (nSPS) is 11.4. The predicted octanol–water partition coefficient (Wildman–Crippen LogP) is 2.98. The molecule has 0 aliphatic heterocycles. The minimum atomic E-state index is -0.281. The fourth-order valence-corrected chi connectivity index (χ4v) is 1.89. The van der Waals surface area contributed by atoms with Crippen LogP contribution in [0.4, 0.5) is 4.39 Å². The Morgan fingerprint density at radius 2 is 2.11 bits per heavy atom. The largest absolute Gasteiger partial charge is 0.350 e. The first-order valence-corrected chi connectivity index (χ1v) is 7.09. The maximum atomic E-state index is 13.1. The van der Waals surface area contributed by atoms with Gasteiger partial charge in [0.1, 0.15) is 5.82 Å². The van der Waals surface area contributed by atoms with Crippen LogP contribution in [0.1, 0.15) is 32.8 Å². The number of rotatable bonds is 6. The molecule has 0 spiro atoms. The molecule has 1 amide bonds. The van der Waals surface area contributed by atoms with E-state index in [0.717, 1.165) is 16.5 Å². The molecule has 3 nitrogen and oxygen atoms in total. The van der Waals surface area contributed by atoms with Crippen molar-refractivity contribution in [1.29, 1.82) is 0 Å². The average Bonchev–Trinajstić information content (AvgIpc) is 2.33. The molecule has 0 aromatic heterocycles. The number of hydrogen-bond acceptors (Lipinski definition) is 2. The number of carbonyl (C=O) groups excluding carboxylic acids is 1. The summed E-state index contributed by atoms with van der Waals surface area (Å²) in [5.41, 5.74) is 0.598. The third-order valence-electron chi connectivity index (χ3n) is 2.97. The van der Waals surface area contributed by atoms with Crippen molar-refractivity contribution < 1.29 is 9.18 Å². The van der Waals surface area contributed by atoms with E-state index in [4.69, 9.17) is 0 Å². The smallest absolute Gasteiger partial charge is 0.234 e. The van der Waals surface area contributed by atoms with Crippen LogP contribution in [0.25, 0.3) is 0 Å². The summed E-state index contributed by atoms with van der Waals surface area (Å²) in [4.78, 5) is 11.7. The molecule has 0 heterocycles. The summed E-state index contributed by atoms with van der Waals surface area (Å²) in [5.74, 6) is -0.337. The van der Waals surface area contributed by atoms with E-state index in [1.165, 1.54) is 12.1 Å². The van der Waals surface area contributed by atoms with Gasteiger partial charge in [0, 0.05) is 16.6 Å². The minimum absolute atomic E-state index is 0.0561. The highest BCUT2D eigenvalue weighted by Crippen LogP contribution is 2.17. The van der Waals surface area contributed by atoms with Crippen LogP contribution in [0.2, 0.25) is 0 Å². The van der Waals surface area contributed by atoms with Gasteiger partial charge in [-0.3, -0.25) is 4.79 Å². The van der Waals surface area contributed by atoms with Crippen molar-refractivity contribution in [2.45, 2.75) is 39.3 Å². The number of nitrogens with one attached hydrogen (secondary N) is 2. The molecule has 106 valence electrons. The minimum Gasteiger partial charge on any atom is -0.350 e. The van der Waals surface area contributed by atoms with Crippen molar-refractivity contribution in [2.75, 3.05) is 6.54 Å². The molecule has 2 N–H and O–H groups in total. The molecule has 0 fully saturated rings. The first-order chi connectivity index (χ1) is 8.84. The van der Waals surface area contributed by atoms with Crippen LogP contribution in [-0.2, 0) is 11.3 Å². The summed E-state index contributed by atoms with van der Waals surface area (Å²) >= 11 is 3.35. The Bertz CT molecular complexity index is 449. The van der Waals surface area contributed by atoms with Crippen LogP contribution < -0.4 is 10.6 Å². The topological polar surface area (TPSA) is 41.1 Å². The van der Waals surface area contributed by atoms with Gasteiger partial charge < -0.3 is 10.6 Å². The number of halogens is 2. The zero-order valence-corrected chi connectivity index (χ0v) is 13.1. The van der Waals surface area contributed by atoms with E-state index in [-0.39, 0.29) is 23.8 Å². The number of carbonyl (C=O) groups is 1. The second-order valence-corrected chi connectivity index (χ2v) is 5.98. The lowest BCUT2D eigenvalue weighted by Crippen LogP contribution is -2.46. The Morgan fingerprint density at radius 3 is 2.74 bits per heavy atom. The fraction of sp³-hybridized carbons (Fsp3) is 0.500. The van der Waals surface area contributed by atoms with Crippen molar-refractivity contribution in [3.63, 3.8) is 0 Å². The molecule has 0 unspecified atom stereocenters. The Labute approximate surface area is 122 Å². The van der Waals surface area contributed by atoms with Crippen LogP contribution in [0, 0.1) is 5.82 Å². The van der Waals surface area contributed by atoms with Crippen molar-refractivity contribution in [3.8, 4) is 0 Å². The fourth-order valence-electron chi connectivity index (χ4n) is 1.50. The third-order valence-corrected chi connectivity index (χ3v) is 3.74. The second kappa shape index (κ2) is 7.01. The lowest BCUT2D eigenvalue weighted by atomic mass is 10.0. The summed E-state index contributed by atoms with van der Waals surface area (Å²) in [6, 6.07) is 4.50. The predicted molar refractivity (Wildman–Crippen MR) is 78.3 cm³/mol. The standard InChI is InChI=1S/C14H20BrFN2O/c1-4-14(2,3)18-13(19)9-17-8-10-7-11(16)5-6-12(10)15/h5-7,17H,4,8-9H2,1-3H3,(H,18,19). The highest BCUT2D eigenvalue weighted by atomic mass is 79.9. The highest BCUT2D eigenvalue weighted by Gasteiger charge is 2.17. The molecule has 0 radical (unpaired) electrons. The highest BCUT2D eigenvalue weighted by molar-refractivity contribution is 9.10. The summed E-state index contributed by atoms with van der Waals surface area (Å²) in [5, 5.41) is 5.94. The molecule has 0 saturated carbocycles. The molecular formula is C14H20BrFN2O. The van der Waals surface area contributed by atoms with Crippen LogP contribution in [0.15, 0.2) is 22.7 Å². The Morgan fingerprint density at radius 1 is 1.42 bits per heavy atom. The summed E-state index contributed by atoms with van der Waals surface area (Å²) in [7, 11) is 0. The third kappa shape index (κ3) is 5.70. The van der Waals surface area contributed by atoms with E-state index in [1.807, 2.05) is 20.8 Å². The summed E-state index contributed by atoms with van der Waals surface area (Å²) in [6.45, 7) is 6.64. The Hall–Kier alpha value is -0.940. The van der Waals surface area contributed by atoms with Gasteiger partial charge in [0.25, 0.3) is 0 Å². The van der Waals surface area contributed by atoms with Crippen LogP contribution >= 0.6 is 15.9 Å². The molecule has 1 aromatic carbocycles. The summed E-state index contributed by atoms with van der Waals surface area (Å²) < 4.78 is 13.9. The van der Waals surface area contributed by atoms with E-state index >= 15 is 0 Å². The molecule has 0 bridgehead atoms. The quantitative estimate of drug-likeness (QED) is 0.841. The van der Waals surface area contributed by atoms with Gasteiger partial charge in [-0.1, -0.05) is 22.9 Å². The van der Waals surface area contributed by atoms with Crippen molar-refractivity contribution in [1.82, 2.24) is 10.6 Å². The number of benzene rings is 1. The van der Waals surface area contributed by atoms with Crippen LogP contribution in [0.5, 0.6) is 0 Å². The van der Waals surface area contributed by atoms with Gasteiger partial charge in [0.15, 0.2) is 0 Å². The molecule has 0 atom stereocenters. The molecule has 0 aliphatic rings. The first kappa shape index (κ1) is 16.1. The van der Waals surface area contributed by atoms with E-state index in [2.05, 4.69) is 26.6 Å². The van der Waals surface area contributed by atoms with E-state index in [0.29, 0.717) is 6.54 Å². The Balaban J connectivity index is 2.42. The molecule has 5 heteroatoms. The number of hydrogen-bond donors (Lipinski definition) is 2. The molecule has 0 aliphatic carbocycles. The zero-order chi connectivity index (χ0) is 14.5. The van der Waals surface area contributed by atoms with E-state index in [9.17, 15) is 9.18 Å². The van der Waals surface area contributed by atoms with Gasteiger partial charge in [-0.05, 0) is 44.0 Å². The van der Waals surface area contributed by atoms with Crippen LogP contribution in [0.3, 0.4) is 0 Å². The summed E-state index contributed by atoms with van der Waals surface area (Å²) in [6.07, 6.45) is 0.869. The van der Waals surface area contributed by atoms with E-state index < -0.39 is 0 Å². The molecule has 1 rings (SSSR count). The maximum Gasteiger partial charge on any atom is 0.234 e. The average molecular weight is 331 g/mol. The van der Waals surface area contributed by atoms with Crippen molar-refractivity contribution in [3.05, 3.63) is 34.1 Å². The van der Waals surface area contributed by atoms with Gasteiger partial charge in [-0.15, -0.1) is 0 Å². The van der Waals surface area contributed by atoms with Gasteiger partial charge in [0.05, 0.1) is 6.54 Å². The van der Waals surface area contributed by atoms with E-state index in [1.54, 1.807) is 6.07 Å². The maximum absolute atomic E-state index is 13.1. The second-order valence-electron chi connectivity index (χ2n) is 5.12. The van der Waals surface area contributed by atoms with Crippen LogP contribution in [-0.4, -0.2) is 18.0 Å².